The van der Waals surface area contributed by atoms with Crippen LogP contribution in [-0.2, 0) is 4.74 Å². The molecule has 3 heteroatoms. The lowest BCUT2D eigenvalue weighted by Gasteiger charge is -2.04. The molecule has 0 aliphatic carbocycles. The van der Waals surface area contributed by atoms with E-state index in [1.807, 2.05) is 13.0 Å². The molecule has 0 fully saturated rings. The van der Waals surface area contributed by atoms with Crippen molar-refractivity contribution in [2.45, 2.75) is 19.8 Å². The molecular formula is C12H15NO2. The molecule has 80 valence electrons. The Labute approximate surface area is 89.6 Å². The van der Waals surface area contributed by atoms with Gasteiger partial charge >= 0.3 is 5.97 Å². The molecule has 0 saturated carbocycles. The molecule has 15 heavy (non-hydrogen) atoms. The number of nitrogens with one attached hydrogen (secondary N) is 1. The van der Waals surface area contributed by atoms with Gasteiger partial charge in [0.2, 0.25) is 0 Å². The number of carbonyl (C=O) groups is 1. The van der Waals surface area contributed by atoms with Crippen LogP contribution < -0.4 is 0 Å². The fourth-order valence-electron chi connectivity index (χ4n) is 1.10. The van der Waals surface area contributed by atoms with Crippen molar-refractivity contribution in [1.29, 1.82) is 5.41 Å². The number of rotatable bonds is 5. The van der Waals surface area contributed by atoms with E-state index in [4.69, 9.17) is 10.1 Å². The van der Waals surface area contributed by atoms with Crippen molar-refractivity contribution in [1.82, 2.24) is 0 Å². The summed E-state index contributed by atoms with van der Waals surface area (Å²) >= 11 is 0. The summed E-state index contributed by atoms with van der Waals surface area (Å²) in [5.74, 6) is -0.320. The second-order valence-electron chi connectivity index (χ2n) is 3.21. The third-order valence-electron chi connectivity index (χ3n) is 2.07. The highest BCUT2D eigenvalue weighted by Gasteiger charge is 2.05. The first kappa shape index (κ1) is 11.4. The zero-order valence-corrected chi connectivity index (χ0v) is 8.82. The molecule has 1 rings (SSSR count). The van der Waals surface area contributed by atoms with Crippen LogP contribution in [0.3, 0.4) is 0 Å². The molecule has 0 heterocycles. The molecule has 0 spiro atoms. The molecule has 0 aliphatic rings. The maximum atomic E-state index is 11.4. The van der Waals surface area contributed by atoms with Crippen molar-refractivity contribution in [2.24, 2.45) is 0 Å². The molecule has 1 aromatic rings. The van der Waals surface area contributed by atoms with Crippen LogP contribution in [0.4, 0.5) is 0 Å². The Morgan fingerprint density at radius 3 is 2.60 bits per heavy atom. The first-order chi connectivity index (χ1) is 7.24. The third kappa shape index (κ3) is 3.94. The van der Waals surface area contributed by atoms with Gasteiger partial charge in [0.05, 0.1) is 12.2 Å². The Morgan fingerprint density at radius 2 is 2.00 bits per heavy atom. The maximum Gasteiger partial charge on any atom is 0.338 e. The van der Waals surface area contributed by atoms with Crippen molar-refractivity contribution in [3.05, 3.63) is 35.9 Å². The van der Waals surface area contributed by atoms with E-state index in [0.29, 0.717) is 30.7 Å². The van der Waals surface area contributed by atoms with Crippen molar-refractivity contribution < 1.29 is 9.53 Å². The fraction of sp³-hybridized carbons (Fsp3) is 0.333. The number of hydrogen-bond acceptors (Lipinski definition) is 3. The van der Waals surface area contributed by atoms with E-state index in [1.54, 1.807) is 24.3 Å². The van der Waals surface area contributed by atoms with Gasteiger partial charge in [0.1, 0.15) is 0 Å². The van der Waals surface area contributed by atoms with Gasteiger partial charge < -0.3 is 10.1 Å². The summed E-state index contributed by atoms with van der Waals surface area (Å²) in [6.45, 7) is 2.21. The maximum absolute atomic E-state index is 11.4. The van der Waals surface area contributed by atoms with Gasteiger partial charge in [-0.15, -0.1) is 0 Å². The number of benzene rings is 1. The molecular weight excluding hydrogens is 190 g/mol. The Hall–Kier alpha value is -1.64. The Balaban J connectivity index is 2.34. The van der Waals surface area contributed by atoms with E-state index in [0.717, 1.165) is 0 Å². The summed E-state index contributed by atoms with van der Waals surface area (Å²) in [5.41, 5.74) is 1.16. The number of carbonyl (C=O) groups excluding carboxylic acids is 1. The largest absolute Gasteiger partial charge is 0.462 e. The molecule has 0 bridgehead atoms. The normalized spacial score (nSPS) is 9.67. The summed E-state index contributed by atoms with van der Waals surface area (Å²) < 4.78 is 5.02. The van der Waals surface area contributed by atoms with Gasteiger partial charge in [0.15, 0.2) is 0 Å². The van der Waals surface area contributed by atoms with Gasteiger partial charge in [-0.25, -0.2) is 4.79 Å². The van der Waals surface area contributed by atoms with Crippen molar-refractivity contribution in [2.75, 3.05) is 6.61 Å². The van der Waals surface area contributed by atoms with Gasteiger partial charge in [-0.3, -0.25) is 0 Å². The summed E-state index contributed by atoms with van der Waals surface area (Å²) in [6.07, 6.45) is 1.23. The average Bonchev–Trinajstić information content (AvgIpc) is 2.29. The Bertz CT molecular complexity index is 333. The lowest BCUT2D eigenvalue weighted by Crippen LogP contribution is -2.09. The predicted octanol–water partition coefficient (Wildman–Crippen LogP) is 2.66. The summed E-state index contributed by atoms with van der Waals surface area (Å²) in [5, 5.41) is 7.39. The zero-order valence-electron chi connectivity index (χ0n) is 8.82. The lowest BCUT2D eigenvalue weighted by atomic mass is 10.2. The topological polar surface area (TPSA) is 50.1 Å². The van der Waals surface area contributed by atoms with Crippen molar-refractivity contribution >= 4 is 11.7 Å². The number of hydrogen-bond donors (Lipinski definition) is 1. The molecule has 1 aromatic carbocycles. The fourth-order valence-corrected chi connectivity index (χ4v) is 1.10. The lowest BCUT2D eigenvalue weighted by molar-refractivity contribution is 0.0515. The van der Waals surface area contributed by atoms with E-state index >= 15 is 0 Å². The Morgan fingerprint density at radius 1 is 1.33 bits per heavy atom. The van der Waals surface area contributed by atoms with Crippen LogP contribution >= 0.6 is 0 Å². The molecule has 0 atom stereocenters. The van der Waals surface area contributed by atoms with Gasteiger partial charge in [0.25, 0.3) is 0 Å². The predicted molar refractivity (Wildman–Crippen MR) is 59.4 cm³/mol. The van der Waals surface area contributed by atoms with E-state index < -0.39 is 0 Å². The molecule has 0 aromatic heterocycles. The number of esters is 1. The van der Waals surface area contributed by atoms with Crippen molar-refractivity contribution in [3.63, 3.8) is 0 Å². The SMILES string of the molecule is CCC(=N)CCOC(=O)c1ccccc1. The highest BCUT2D eigenvalue weighted by Crippen LogP contribution is 2.01. The zero-order chi connectivity index (χ0) is 11.1. The molecule has 1 N–H and O–H groups in total. The highest BCUT2D eigenvalue weighted by molar-refractivity contribution is 5.89. The van der Waals surface area contributed by atoms with Gasteiger partial charge in [-0.2, -0.15) is 0 Å². The van der Waals surface area contributed by atoms with Gasteiger partial charge in [-0.05, 0) is 18.6 Å². The number of ether oxygens (including phenoxy) is 1. The van der Waals surface area contributed by atoms with Crippen LogP contribution in [0.15, 0.2) is 30.3 Å². The van der Waals surface area contributed by atoms with E-state index in [2.05, 4.69) is 0 Å². The second kappa shape index (κ2) is 5.96. The molecule has 0 aliphatic heterocycles. The van der Waals surface area contributed by atoms with Crippen LogP contribution in [0.2, 0.25) is 0 Å². The minimum absolute atomic E-state index is 0.292. The molecule has 0 radical (unpaired) electrons. The Kier molecular flexibility index (Phi) is 4.54. The van der Waals surface area contributed by atoms with Gasteiger partial charge in [0, 0.05) is 12.1 Å². The third-order valence-corrected chi connectivity index (χ3v) is 2.07. The van der Waals surface area contributed by atoms with Crippen LogP contribution in [0.1, 0.15) is 30.1 Å². The van der Waals surface area contributed by atoms with Gasteiger partial charge in [-0.1, -0.05) is 25.1 Å². The van der Waals surface area contributed by atoms with Crippen LogP contribution in [-0.4, -0.2) is 18.3 Å². The van der Waals surface area contributed by atoms with Crippen LogP contribution in [0, 0.1) is 5.41 Å². The smallest absolute Gasteiger partial charge is 0.338 e. The average molecular weight is 205 g/mol. The van der Waals surface area contributed by atoms with E-state index in [-0.39, 0.29) is 5.97 Å². The first-order valence-corrected chi connectivity index (χ1v) is 5.02. The summed E-state index contributed by atoms with van der Waals surface area (Å²) in [6, 6.07) is 8.87. The minimum atomic E-state index is -0.320. The summed E-state index contributed by atoms with van der Waals surface area (Å²) in [7, 11) is 0. The van der Waals surface area contributed by atoms with Crippen LogP contribution in [0.5, 0.6) is 0 Å². The quantitative estimate of drug-likeness (QED) is 0.593. The second-order valence-corrected chi connectivity index (χ2v) is 3.21. The first-order valence-electron chi connectivity index (χ1n) is 5.02. The molecule has 0 amide bonds. The van der Waals surface area contributed by atoms with E-state index in [9.17, 15) is 4.79 Å². The van der Waals surface area contributed by atoms with Crippen LogP contribution in [0.25, 0.3) is 0 Å². The summed E-state index contributed by atoms with van der Waals surface area (Å²) in [4.78, 5) is 11.4. The highest BCUT2D eigenvalue weighted by atomic mass is 16.5. The molecule has 3 nitrogen and oxygen atoms in total. The van der Waals surface area contributed by atoms with E-state index in [1.165, 1.54) is 0 Å². The molecule has 0 saturated heterocycles. The molecule has 0 unspecified atom stereocenters. The minimum Gasteiger partial charge on any atom is -0.462 e. The monoisotopic (exact) mass is 205 g/mol. The van der Waals surface area contributed by atoms with Crippen molar-refractivity contribution in [3.8, 4) is 0 Å². The standard InChI is InChI=1S/C12H15NO2/c1-2-11(13)8-9-15-12(14)10-6-4-3-5-7-10/h3-7,13H,2,8-9H2,1H3.